The van der Waals surface area contributed by atoms with Gasteiger partial charge in [0.05, 0.1) is 22.5 Å². The zero-order chi connectivity index (χ0) is 14.6. The van der Waals surface area contributed by atoms with Crippen molar-refractivity contribution in [1.29, 1.82) is 0 Å². The van der Waals surface area contributed by atoms with E-state index in [1.807, 2.05) is 24.7 Å². The highest BCUT2D eigenvalue weighted by Gasteiger charge is 2.12. The van der Waals surface area contributed by atoms with Crippen molar-refractivity contribution in [3.8, 4) is 0 Å². The molecule has 1 aromatic heterocycles. The molecule has 0 saturated carbocycles. The largest absolute Gasteiger partial charge is 0.353 e. The van der Waals surface area contributed by atoms with Crippen molar-refractivity contribution in [2.24, 2.45) is 0 Å². The maximum atomic E-state index is 11.9. The first-order chi connectivity index (χ1) is 9.55. The minimum Gasteiger partial charge on any atom is -0.353 e. The molecule has 5 nitrogen and oxygen atoms in total. The van der Waals surface area contributed by atoms with E-state index in [9.17, 15) is 8.42 Å². The minimum atomic E-state index is -3.14. The van der Waals surface area contributed by atoms with Gasteiger partial charge in [-0.3, -0.25) is 4.68 Å². The topological polar surface area (TPSA) is 64.0 Å². The van der Waals surface area contributed by atoms with Crippen molar-refractivity contribution >= 4 is 21.2 Å². The van der Waals surface area contributed by atoms with E-state index in [0.717, 1.165) is 17.9 Å². The van der Waals surface area contributed by atoms with Crippen LogP contribution >= 0.6 is 0 Å². The van der Waals surface area contributed by atoms with E-state index in [4.69, 9.17) is 0 Å². The Hall–Kier alpha value is -1.82. The molecule has 108 valence electrons. The number of benzene rings is 1. The summed E-state index contributed by atoms with van der Waals surface area (Å²) < 4.78 is 25.6. The number of aryl methyl sites for hydroxylation is 1. The second-order valence-corrected chi connectivity index (χ2v) is 6.66. The quantitative estimate of drug-likeness (QED) is 0.889. The molecule has 6 heteroatoms. The molecule has 1 heterocycles. The highest BCUT2D eigenvalue weighted by Crippen LogP contribution is 2.19. The lowest BCUT2D eigenvalue weighted by Gasteiger charge is -2.06. The zero-order valence-corrected chi connectivity index (χ0v) is 12.5. The van der Waals surface area contributed by atoms with E-state index in [0.29, 0.717) is 11.3 Å². The van der Waals surface area contributed by atoms with Crippen LogP contribution in [-0.2, 0) is 16.4 Å². The van der Waals surface area contributed by atoms with E-state index in [-0.39, 0.29) is 5.75 Å². The van der Waals surface area contributed by atoms with E-state index in [1.165, 1.54) is 0 Å². The third-order valence-corrected chi connectivity index (χ3v) is 4.87. The van der Waals surface area contributed by atoms with Gasteiger partial charge in [0.25, 0.3) is 0 Å². The molecule has 0 atom stereocenters. The minimum absolute atomic E-state index is 0.184. The normalized spacial score (nSPS) is 11.5. The van der Waals surface area contributed by atoms with Crippen LogP contribution < -0.4 is 5.32 Å². The molecular formula is C14H19N3O2S. The zero-order valence-electron chi connectivity index (χ0n) is 11.7. The van der Waals surface area contributed by atoms with Gasteiger partial charge in [0.2, 0.25) is 0 Å². The maximum Gasteiger partial charge on any atom is 0.178 e. The van der Waals surface area contributed by atoms with E-state index >= 15 is 0 Å². The molecular weight excluding hydrogens is 274 g/mol. The molecule has 0 aliphatic rings. The number of sulfone groups is 1. The van der Waals surface area contributed by atoms with Gasteiger partial charge in [0.15, 0.2) is 9.84 Å². The predicted molar refractivity (Wildman–Crippen MR) is 80.0 cm³/mol. The number of rotatable bonds is 6. The Kier molecular flexibility index (Phi) is 4.44. The second-order valence-electron chi connectivity index (χ2n) is 4.55. The number of anilines is 2. The summed E-state index contributed by atoms with van der Waals surface area (Å²) in [5.74, 6) is 0.184. The summed E-state index contributed by atoms with van der Waals surface area (Å²) in [6.45, 7) is 4.69. The van der Waals surface area contributed by atoms with Gasteiger partial charge >= 0.3 is 0 Å². The molecule has 2 aromatic rings. The summed E-state index contributed by atoms with van der Waals surface area (Å²) in [5, 5.41) is 7.36. The van der Waals surface area contributed by atoms with Crippen LogP contribution in [0.2, 0.25) is 0 Å². The average Bonchev–Trinajstić information content (AvgIpc) is 2.87. The lowest BCUT2D eigenvalue weighted by atomic mass is 10.3. The Morgan fingerprint density at radius 2 is 1.85 bits per heavy atom. The van der Waals surface area contributed by atoms with Crippen LogP contribution in [0.5, 0.6) is 0 Å². The van der Waals surface area contributed by atoms with Crippen molar-refractivity contribution < 1.29 is 8.42 Å². The molecule has 0 bridgehead atoms. The maximum absolute atomic E-state index is 11.9. The Balaban J connectivity index is 2.12. The van der Waals surface area contributed by atoms with Crippen LogP contribution in [0.1, 0.15) is 20.3 Å². The third-order valence-electron chi connectivity index (χ3n) is 2.93. The summed E-state index contributed by atoms with van der Waals surface area (Å²) in [7, 11) is -3.14. The van der Waals surface area contributed by atoms with Gasteiger partial charge in [-0.2, -0.15) is 5.10 Å². The number of nitrogens with zero attached hydrogens (tertiary/aromatic N) is 2. The fraction of sp³-hybridized carbons (Fsp3) is 0.357. The molecule has 1 aromatic carbocycles. The Labute approximate surface area is 119 Å². The van der Waals surface area contributed by atoms with Gasteiger partial charge in [-0.1, -0.05) is 6.92 Å². The fourth-order valence-electron chi connectivity index (χ4n) is 1.90. The van der Waals surface area contributed by atoms with Gasteiger partial charge in [0, 0.05) is 18.4 Å². The number of hydrogen-bond acceptors (Lipinski definition) is 4. The van der Waals surface area contributed by atoms with E-state index in [2.05, 4.69) is 10.4 Å². The van der Waals surface area contributed by atoms with Crippen molar-refractivity contribution in [3.63, 3.8) is 0 Å². The van der Waals surface area contributed by atoms with Crippen LogP contribution in [-0.4, -0.2) is 24.0 Å². The van der Waals surface area contributed by atoms with Gasteiger partial charge in [-0.25, -0.2) is 8.42 Å². The smallest absolute Gasteiger partial charge is 0.178 e. The molecule has 2 rings (SSSR count). The highest BCUT2D eigenvalue weighted by atomic mass is 32.2. The van der Waals surface area contributed by atoms with Gasteiger partial charge in [0.1, 0.15) is 0 Å². The molecule has 0 aliphatic carbocycles. The molecule has 0 aliphatic heterocycles. The summed E-state index contributed by atoms with van der Waals surface area (Å²) in [4.78, 5) is 0.370. The third kappa shape index (κ3) is 3.39. The first kappa shape index (κ1) is 14.6. The standard InChI is InChI=1S/C14H19N3O2S/c1-3-9-20(18,19)14-7-5-12(6-8-14)16-13-10-15-17(4-2)11-13/h5-8,10-11,16H,3-4,9H2,1-2H3. The molecule has 0 spiro atoms. The van der Waals surface area contributed by atoms with Gasteiger partial charge in [-0.15, -0.1) is 0 Å². The van der Waals surface area contributed by atoms with Crippen LogP contribution in [0.3, 0.4) is 0 Å². The molecule has 0 saturated heterocycles. The Bertz CT molecular complexity index is 660. The van der Waals surface area contributed by atoms with Crippen LogP contribution in [0, 0.1) is 0 Å². The molecule has 0 radical (unpaired) electrons. The summed E-state index contributed by atoms with van der Waals surface area (Å²) in [5.41, 5.74) is 1.73. The van der Waals surface area contributed by atoms with E-state index in [1.54, 1.807) is 30.5 Å². The first-order valence-electron chi connectivity index (χ1n) is 6.67. The van der Waals surface area contributed by atoms with Crippen molar-refractivity contribution in [1.82, 2.24) is 9.78 Å². The number of aromatic nitrogens is 2. The van der Waals surface area contributed by atoms with Gasteiger partial charge in [-0.05, 0) is 37.6 Å². The Morgan fingerprint density at radius 1 is 1.15 bits per heavy atom. The molecule has 1 N–H and O–H groups in total. The lowest BCUT2D eigenvalue weighted by Crippen LogP contribution is -2.05. The van der Waals surface area contributed by atoms with E-state index < -0.39 is 9.84 Å². The summed E-state index contributed by atoms with van der Waals surface area (Å²) in [6, 6.07) is 6.81. The van der Waals surface area contributed by atoms with Crippen LogP contribution in [0.4, 0.5) is 11.4 Å². The average molecular weight is 293 g/mol. The summed E-state index contributed by atoms with van der Waals surface area (Å²) >= 11 is 0. The predicted octanol–water partition coefficient (Wildman–Crippen LogP) is 2.83. The van der Waals surface area contributed by atoms with Crippen LogP contribution in [0.15, 0.2) is 41.6 Å². The van der Waals surface area contributed by atoms with Gasteiger partial charge < -0.3 is 5.32 Å². The fourth-order valence-corrected chi connectivity index (χ4v) is 3.22. The second kappa shape index (κ2) is 6.09. The highest BCUT2D eigenvalue weighted by molar-refractivity contribution is 7.91. The first-order valence-corrected chi connectivity index (χ1v) is 8.32. The SMILES string of the molecule is CCCS(=O)(=O)c1ccc(Nc2cnn(CC)c2)cc1. The Morgan fingerprint density at radius 3 is 2.40 bits per heavy atom. The molecule has 0 unspecified atom stereocenters. The number of hydrogen-bond donors (Lipinski definition) is 1. The van der Waals surface area contributed by atoms with Crippen molar-refractivity contribution in [2.75, 3.05) is 11.1 Å². The molecule has 0 amide bonds. The van der Waals surface area contributed by atoms with Crippen molar-refractivity contribution in [3.05, 3.63) is 36.7 Å². The summed E-state index contributed by atoms with van der Waals surface area (Å²) in [6.07, 6.45) is 4.27. The van der Waals surface area contributed by atoms with Crippen LogP contribution in [0.25, 0.3) is 0 Å². The molecule has 20 heavy (non-hydrogen) atoms. The molecule has 0 fully saturated rings. The number of nitrogens with one attached hydrogen (secondary N) is 1. The monoisotopic (exact) mass is 293 g/mol. The lowest BCUT2D eigenvalue weighted by molar-refractivity contribution is 0.595. The van der Waals surface area contributed by atoms with Crippen molar-refractivity contribution in [2.45, 2.75) is 31.7 Å².